The van der Waals surface area contributed by atoms with Crippen molar-refractivity contribution in [2.45, 2.75) is 50.9 Å². The minimum absolute atomic E-state index is 0.0548. The summed E-state index contributed by atoms with van der Waals surface area (Å²) in [7, 11) is 9.74. The van der Waals surface area contributed by atoms with Gasteiger partial charge in [0.05, 0.1) is 40.5 Å². The first kappa shape index (κ1) is 38.6. The van der Waals surface area contributed by atoms with E-state index in [1.807, 2.05) is 24.3 Å². The van der Waals surface area contributed by atoms with Crippen LogP contribution in [0.4, 0.5) is 0 Å². The van der Waals surface area contributed by atoms with Crippen LogP contribution in [0.2, 0.25) is 0 Å². The van der Waals surface area contributed by atoms with Gasteiger partial charge in [-0.15, -0.1) is 0 Å². The van der Waals surface area contributed by atoms with Crippen LogP contribution in [0.3, 0.4) is 0 Å². The molecule has 59 heavy (non-hydrogen) atoms. The van der Waals surface area contributed by atoms with E-state index in [-0.39, 0.29) is 12.1 Å². The Labute approximate surface area is 348 Å². The molecule has 0 N–H and O–H groups in total. The molecular formula is C51H53N2O6+. The molecular weight excluding hydrogens is 737 g/mol. The summed E-state index contributed by atoms with van der Waals surface area (Å²) in [5.74, 6) is 5.38. The van der Waals surface area contributed by atoms with Gasteiger partial charge in [-0.05, 0) is 95.7 Å². The van der Waals surface area contributed by atoms with E-state index in [9.17, 15) is 0 Å². The molecule has 4 heterocycles. The van der Waals surface area contributed by atoms with E-state index in [2.05, 4.69) is 116 Å². The van der Waals surface area contributed by atoms with Crippen LogP contribution in [-0.2, 0) is 38.8 Å². The molecule has 8 nitrogen and oxygen atoms in total. The number of ether oxygens (including phenoxy) is 6. The third-order valence-corrected chi connectivity index (χ3v) is 12.6. The summed E-state index contributed by atoms with van der Waals surface area (Å²) in [4.78, 5) is 2.45. The molecule has 4 aliphatic heterocycles. The van der Waals surface area contributed by atoms with E-state index in [4.69, 9.17) is 28.4 Å². The van der Waals surface area contributed by atoms with Crippen LogP contribution >= 0.6 is 0 Å². The van der Waals surface area contributed by atoms with Gasteiger partial charge >= 0.3 is 0 Å². The number of benzene rings is 6. The number of fused-ring (bicyclic) bond motifs is 2. The summed E-state index contributed by atoms with van der Waals surface area (Å²) in [6.45, 7) is 3.04. The molecule has 1 unspecified atom stereocenters. The molecule has 0 fully saturated rings. The molecule has 0 saturated heterocycles. The van der Waals surface area contributed by atoms with E-state index in [1.165, 1.54) is 27.8 Å². The summed E-state index contributed by atoms with van der Waals surface area (Å²) >= 11 is 0. The van der Waals surface area contributed by atoms with Crippen molar-refractivity contribution in [3.63, 3.8) is 0 Å². The number of quaternary nitrogens is 1. The van der Waals surface area contributed by atoms with Crippen LogP contribution in [0.25, 0.3) is 0 Å². The first-order valence-electron chi connectivity index (χ1n) is 20.6. The second-order valence-corrected chi connectivity index (χ2v) is 16.4. The van der Waals surface area contributed by atoms with E-state index in [0.29, 0.717) is 53.3 Å². The van der Waals surface area contributed by atoms with E-state index < -0.39 is 0 Å². The Bertz CT molecular complexity index is 2440. The summed E-state index contributed by atoms with van der Waals surface area (Å²) in [5, 5.41) is 0. The largest absolute Gasteiger partial charge is 0.493 e. The maximum atomic E-state index is 7.44. The standard InChI is InChI=1S/C51H53N2O6/c1-52-24-22-38-29-45(55-4)47-31-41(38)42(52)26-34-16-19-40(20-17-34)58-46-28-37(18-21-44(46)54-3)27-43-49-39(23-25-53(43,2)32-35-12-8-6-9-13-35)30-48(56-5)50(51(49)59-47)57-33-36-14-10-7-11-15-36/h6-21,28-31,42-43H,22-27,32-33H2,1-5H3/q+1/t42-,43-,53?/m0/s1. The fourth-order valence-electron chi connectivity index (χ4n) is 9.37. The quantitative estimate of drug-likeness (QED) is 0.142. The lowest BCUT2D eigenvalue weighted by molar-refractivity contribution is -0.954. The average molecular weight is 790 g/mol. The molecule has 6 aromatic carbocycles. The van der Waals surface area contributed by atoms with Crippen molar-refractivity contribution in [3.8, 4) is 46.0 Å². The van der Waals surface area contributed by atoms with Gasteiger partial charge in [0.15, 0.2) is 34.5 Å². The van der Waals surface area contributed by atoms with Crippen LogP contribution < -0.4 is 28.4 Å². The molecule has 0 aliphatic carbocycles. The lowest BCUT2D eigenvalue weighted by atomic mass is 9.84. The normalized spacial score (nSPS) is 19.6. The molecule has 10 rings (SSSR count). The zero-order valence-corrected chi connectivity index (χ0v) is 34.7. The Hall–Kier alpha value is -5.96. The molecule has 8 heteroatoms. The van der Waals surface area contributed by atoms with E-state index >= 15 is 0 Å². The molecule has 0 saturated carbocycles. The summed E-state index contributed by atoms with van der Waals surface area (Å²) in [6.07, 6.45) is 3.28. The highest BCUT2D eigenvalue weighted by Crippen LogP contribution is 2.54. The van der Waals surface area contributed by atoms with Gasteiger partial charge in [-0.3, -0.25) is 4.90 Å². The second-order valence-electron chi connectivity index (χ2n) is 16.4. The third-order valence-electron chi connectivity index (χ3n) is 12.6. The van der Waals surface area contributed by atoms with Crippen LogP contribution in [-0.4, -0.2) is 57.9 Å². The lowest BCUT2D eigenvalue weighted by Gasteiger charge is -2.46. The number of likely N-dealkylation sites (N-methyl/N-ethyl adjacent to an activating group) is 2. The summed E-state index contributed by atoms with van der Waals surface area (Å²) < 4.78 is 40.0. The lowest BCUT2D eigenvalue weighted by Crippen LogP contribution is -2.51. The number of methoxy groups -OCH3 is 3. The number of nitrogens with zero attached hydrogens (tertiary/aromatic N) is 2. The molecule has 0 radical (unpaired) electrons. The highest BCUT2D eigenvalue weighted by atomic mass is 16.6. The summed E-state index contributed by atoms with van der Waals surface area (Å²) in [6, 6.07) is 42.5. The van der Waals surface area contributed by atoms with Crippen molar-refractivity contribution in [1.29, 1.82) is 0 Å². The van der Waals surface area contributed by atoms with Crippen LogP contribution in [0.1, 0.15) is 56.6 Å². The highest BCUT2D eigenvalue weighted by molar-refractivity contribution is 5.63. The Morgan fingerprint density at radius 1 is 0.661 bits per heavy atom. The molecule has 0 amide bonds. The first-order chi connectivity index (χ1) is 28.8. The van der Waals surface area contributed by atoms with Gasteiger partial charge in [0.1, 0.15) is 24.9 Å². The second kappa shape index (κ2) is 16.4. The molecule has 3 atom stereocenters. The van der Waals surface area contributed by atoms with E-state index in [0.717, 1.165) is 65.8 Å². The predicted octanol–water partition coefficient (Wildman–Crippen LogP) is 10.4. The van der Waals surface area contributed by atoms with Crippen molar-refractivity contribution in [2.75, 3.05) is 48.5 Å². The van der Waals surface area contributed by atoms with Gasteiger partial charge in [0.25, 0.3) is 0 Å². The Morgan fingerprint density at radius 3 is 2.07 bits per heavy atom. The fraction of sp³-hybridized carbons (Fsp3) is 0.294. The van der Waals surface area contributed by atoms with Crippen molar-refractivity contribution in [1.82, 2.24) is 4.90 Å². The van der Waals surface area contributed by atoms with E-state index in [1.54, 1.807) is 21.3 Å². The minimum Gasteiger partial charge on any atom is -0.493 e. The van der Waals surface area contributed by atoms with Gasteiger partial charge in [-0.25, -0.2) is 0 Å². The number of hydrogen-bond donors (Lipinski definition) is 0. The SMILES string of the molecule is COc1ccc2cc1Oc1ccc(cc1)C[C@H]1c3cc(c(OC)cc3CCN1C)Oc1c(OCc3ccccc3)c(OC)cc3c1[C@H](C2)[N+](C)(Cc1ccccc1)CC3. The van der Waals surface area contributed by atoms with Gasteiger partial charge in [-0.2, -0.15) is 0 Å². The smallest absolute Gasteiger partial charge is 0.205 e. The van der Waals surface area contributed by atoms with Crippen LogP contribution in [0.15, 0.2) is 121 Å². The van der Waals surface area contributed by atoms with Crippen molar-refractivity contribution < 1.29 is 32.9 Å². The minimum atomic E-state index is -0.0548. The first-order valence-corrected chi connectivity index (χ1v) is 20.6. The molecule has 6 aromatic rings. The monoisotopic (exact) mass is 789 g/mol. The fourth-order valence-corrected chi connectivity index (χ4v) is 9.37. The van der Waals surface area contributed by atoms with Gasteiger partial charge in [0.2, 0.25) is 5.75 Å². The molecule has 0 spiro atoms. The number of hydrogen-bond acceptors (Lipinski definition) is 7. The zero-order valence-electron chi connectivity index (χ0n) is 34.7. The Kier molecular flexibility index (Phi) is 10.7. The topological polar surface area (TPSA) is 58.6 Å². The molecule has 6 bridgehead atoms. The van der Waals surface area contributed by atoms with Gasteiger partial charge in [0, 0.05) is 31.0 Å². The Balaban J connectivity index is 1.30. The number of rotatable bonds is 8. The molecule has 302 valence electrons. The molecule has 4 aliphatic rings. The van der Waals surface area contributed by atoms with Gasteiger partial charge < -0.3 is 32.9 Å². The maximum absolute atomic E-state index is 7.44. The Morgan fingerprint density at radius 2 is 1.34 bits per heavy atom. The van der Waals surface area contributed by atoms with Crippen molar-refractivity contribution >= 4 is 0 Å². The van der Waals surface area contributed by atoms with Crippen molar-refractivity contribution in [3.05, 3.63) is 166 Å². The zero-order chi connectivity index (χ0) is 40.5. The van der Waals surface area contributed by atoms with Crippen LogP contribution in [0.5, 0.6) is 46.0 Å². The third kappa shape index (κ3) is 7.71. The highest BCUT2D eigenvalue weighted by Gasteiger charge is 2.44. The van der Waals surface area contributed by atoms with Crippen LogP contribution in [0, 0.1) is 0 Å². The van der Waals surface area contributed by atoms with Crippen molar-refractivity contribution in [2.24, 2.45) is 0 Å². The predicted molar refractivity (Wildman–Crippen MR) is 230 cm³/mol. The maximum Gasteiger partial charge on any atom is 0.205 e. The molecule has 0 aromatic heterocycles. The van der Waals surface area contributed by atoms with Gasteiger partial charge in [-0.1, -0.05) is 78.9 Å². The summed E-state index contributed by atoms with van der Waals surface area (Å²) in [5.41, 5.74) is 9.49. The average Bonchev–Trinajstić information content (AvgIpc) is 3.26.